The molecule has 0 fully saturated rings. The number of hydrogen-bond donors (Lipinski definition) is 3. The minimum atomic E-state index is -0.484. The Morgan fingerprint density at radius 3 is 2.30 bits per heavy atom. The van der Waals surface area contributed by atoms with Crippen LogP contribution in [0.5, 0.6) is 5.75 Å². The second-order valence-corrected chi connectivity index (χ2v) is 11.2. The predicted molar refractivity (Wildman–Crippen MR) is 174 cm³/mol. The maximum atomic E-state index is 13.5. The average Bonchev–Trinajstić information content (AvgIpc) is 3.02. The van der Waals surface area contributed by atoms with Crippen LogP contribution in [0.4, 0.5) is 11.4 Å². The van der Waals surface area contributed by atoms with Gasteiger partial charge in [0.25, 0.3) is 11.8 Å². The molecule has 3 amide bonds. The molecule has 1 atom stereocenters. The fraction of sp³-hybridized carbons (Fsp3) is 0.171. The van der Waals surface area contributed by atoms with Crippen LogP contribution in [0.2, 0.25) is 0 Å². The third kappa shape index (κ3) is 8.83. The normalized spacial score (nSPS) is 11.8. The highest BCUT2D eigenvalue weighted by atomic mass is 32.2. The van der Waals surface area contributed by atoms with Crippen molar-refractivity contribution in [1.29, 1.82) is 0 Å². The van der Waals surface area contributed by atoms with Gasteiger partial charge in [0.15, 0.2) is 0 Å². The second kappa shape index (κ2) is 14.9. The molecule has 0 aliphatic rings. The molecule has 0 spiro atoms. The molecule has 7 nitrogen and oxygen atoms in total. The van der Waals surface area contributed by atoms with Gasteiger partial charge in [-0.05, 0) is 91.6 Å². The van der Waals surface area contributed by atoms with E-state index in [-0.39, 0.29) is 16.9 Å². The molecule has 43 heavy (non-hydrogen) atoms. The number of benzene rings is 4. The number of ether oxygens (including phenoxy) is 1. The molecule has 0 aliphatic carbocycles. The Bertz CT molecular complexity index is 1620. The van der Waals surface area contributed by atoms with Crippen molar-refractivity contribution >= 4 is 46.9 Å². The minimum absolute atomic E-state index is 0.0797. The third-order valence-corrected chi connectivity index (χ3v) is 8.00. The molecular formula is C35H35N3O4S. The first-order chi connectivity index (χ1) is 20.7. The van der Waals surface area contributed by atoms with E-state index in [4.69, 9.17) is 4.74 Å². The highest BCUT2D eigenvalue weighted by Gasteiger charge is 2.20. The van der Waals surface area contributed by atoms with Gasteiger partial charge in [-0.25, -0.2) is 0 Å². The third-order valence-electron chi connectivity index (χ3n) is 6.64. The van der Waals surface area contributed by atoms with Crippen molar-refractivity contribution in [3.63, 3.8) is 0 Å². The van der Waals surface area contributed by atoms with Crippen LogP contribution in [0, 0.1) is 13.8 Å². The number of amides is 3. The lowest BCUT2D eigenvalue weighted by Crippen LogP contribution is -2.30. The Labute approximate surface area is 256 Å². The van der Waals surface area contributed by atoms with Crippen LogP contribution in [-0.4, -0.2) is 30.1 Å². The number of thioether (sulfide) groups is 1. The van der Waals surface area contributed by atoms with Crippen molar-refractivity contribution in [3.8, 4) is 5.75 Å². The van der Waals surface area contributed by atoms with Gasteiger partial charge >= 0.3 is 0 Å². The first-order valence-corrected chi connectivity index (χ1v) is 14.8. The largest absolute Gasteiger partial charge is 0.497 e. The van der Waals surface area contributed by atoms with Crippen molar-refractivity contribution in [2.24, 2.45) is 0 Å². The van der Waals surface area contributed by atoms with Crippen LogP contribution in [0.15, 0.2) is 108 Å². The van der Waals surface area contributed by atoms with Gasteiger partial charge in [-0.1, -0.05) is 55.5 Å². The van der Waals surface area contributed by atoms with Crippen LogP contribution >= 0.6 is 11.8 Å². The lowest BCUT2D eigenvalue weighted by Gasteiger charge is -2.17. The monoisotopic (exact) mass is 593 g/mol. The summed E-state index contributed by atoms with van der Waals surface area (Å²) in [5, 5.41) is 8.38. The van der Waals surface area contributed by atoms with E-state index < -0.39 is 11.8 Å². The summed E-state index contributed by atoms with van der Waals surface area (Å²) in [7, 11) is 1.58. The summed E-state index contributed by atoms with van der Waals surface area (Å²) in [6.45, 7) is 5.93. The summed E-state index contributed by atoms with van der Waals surface area (Å²) in [5.41, 5.74) is 4.64. The molecule has 1 unspecified atom stereocenters. The number of aryl methyl sites for hydroxylation is 2. The first-order valence-electron chi connectivity index (χ1n) is 13.9. The molecule has 0 heterocycles. The van der Waals surface area contributed by atoms with Gasteiger partial charge in [0.05, 0.1) is 12.4 Å². The fourth-order valence-corrected chi connectivity index (χ4v) is 5.24. The number of carbonyl (C=O) groups is 3. The molecule has 4 rings (SSSR count). The predicted octanol–water partition coefficient (Wildman–Crippen LogP) is 7.23. The zero-order chi connectivity index (χ0) is 30.8. The maximum Gasteiger partial charge on any atom is 0.272 e. The van der Waals surface area contributed by atoms with Crippen LogP contribution in [-0.2, 0) is 9.59 Å². The summed E-state index contributed by atoms with van der Waals surface area (Å²) < 4.78 is 5.23. The Balaban J connectivity index is 1.51. The number of hydrogen-bond acceptors (Lipinski definition) is 5. The van der Waals surface area contributed by atoms with Crippen LogP contribution in [0.25, 0.3) is 6.08 Å². The van der Waals surface area contributed by atoms with Gasteiger partial charge in [0.2, 0.25) is 5.91 Å². The zero-order valence-electron chi connectivity index (χ0n) is 24.6. The summed E-state index contributed by atoms with van der Waals surface area (Å²) in [6.07, 6.45) is 2.23. The van der Waals surface area contributed by atoms with Gasteiger partial charge in [-0.2, -0.15) is 0 Å². The highest BCUT2D eigenvalue weighted by Crippen LogP contribution is 2.29. The number of rotatable bonds is 11. The van der Waals surface area contributed by atoms with Gasteiger partial charge in [0.1, 0.15) is 11.4 Å². The van der Waals surface area contributed by atoms with Crippen LogP contribution in [0.3, 0.4) is 0 Å². The molecule has 220 valence electrons. The van der Waals surface area contributed by atoms with Crippen LogP contribution in [0.1, 0.15) is 40.4 Å². The molecule has 4 aromatic carbocycles. The Hall–Kier alpha value is -4.82. The van der Waals surface area contributed by atoms with E-state index in [1.54, 1.807) is 67.8 Å². The first kappa shape index (κ1) is 31.1. The van der Waals surface area contributed by atoms with E-state index in [9.17, 15) is 14.4 Å². The van der Waals surface area contributed by atoms with E-state index in [0.717, 1.165) is 21.7 Å². The van der Waals surface area contributed by atoms with Crippen LogP contribution < -0.4 is 20.7 Å². The Morgan fingerprint density at radius 2 is 1.60 bits per heavy atom. The van der Waals surface area contributed by atoms with Gasteiger partial charge in [-0.15, -0.1) is 11.8 Å². The van der Waals surface area contributed by atoms with Gasteiger partial charge in [-0.3, -0.25) is 14.4 Å². The van der Waals surface area contributed by atoms with Crippen molar-refractivity contribution < 1.29 is 19.1 Å². The van der Waals surface area contributed by atoms with Crippen molar-refractivity contribution in [2.75, 3.05) is 17.7 Å². The van der Waals surface area contributed by atoms with E-state index in [1.165, 1.54) is 11.8 Å². The van der Waals surface area contributed by atoms with Crippen molar-refractivity contribution in [2.45, 2.75) is 37.3 Å². The molecule has 0 aliphatic heterocycles. The molecule has 0 saturated carbocycles. The topological polar surface area (TPSA) is 96.5 Å². The number of anilines is 2. The average molecular weight is 594 g/mol. The molecule has 4 aromatic rings. The highest BCUT2D eigenvalue weighted by molar-refractivity contribution is 8.00. The summed E-state index contributed by atoms with van der Waals surface area (Å²) in [6, 6.07) is 29.1. The molecule has 0 aromatic heterocycles. The van der Waals surface area contributed by atoms with Gasteiger partial charge < -0.3 is 20.7 Å². The number of methoxy groups -OCH3 is 1. The SMILES string of the molecule is CCC(Sc1cccc(NC(=O)/C(=C\c2ccc(OC)cc2)NC(=O)c2ccccc2)c1)C(=O)Nc1cc(C)ccc1C. The smallest absolute Gasteiger partial charge is 0.272 e. The van der Waals surface area contributed by atoms with Gasteiger partial charge in [0, 0.05) is 21.8 Å². The van der Waals surface area contributed by atoms with E-state index >= 15 is 0 Å². The molecule has 0 bridgehead atoms. The zero-order valence-corrected chi connectivity index (χ0v) is 25.5. The van der Waals surface area contributed by atoms with Crippen molar-refractivity contribution in [1.82, 2.24) is 5.32 Å². The molecule has 0 radical (unpaired) electrons. The molecule has 0 saturated heterocycles. The van der Waals surface area contributed by atoms with E-state index in [2.05, 4.69) is 16.0 Å². The Morgan fingerprint density at radius 1 is 0.860 bits per heavy atom. The summed E-state index contributed by atoms with van der Waals surface area (Å²) >= 11 is 1.43. The molecule has 8 heteroatoms. The second-order valence-electron chi connectivity index (χ2n) is 9.96. The van der Waals surface area contributed by atoms with E-state index in [1.807, 2.05) is 63.2 Å². The molecular weight excluding hydrogens is 558 g/mol. The van der Waals surface area contributed by atoms with Crippen molar-refractivity contribution in [3.05, 3.63) is 125 Å². The lowest BCUT2D eigenvalue weighted by molar-refractivity contribution is -0.116. The summed E-state index contributed by atoms with van der Waals surface area (Å²) in [4.78, 5) is 40.4. The maximum absolute atomic E-state index is 13.5. The lowest BCUT2D eigenvalue weighted by atomic mass is 10.1. The van der Waals surface area contributed by atoms with E-state index in [0.29, 0.717) is 29.0 Å². The number of carbonyl (C=O) groups excluding carboxylic acids is 3. The summed E-state index contributed by atoms with van der Waals surface area (Å²) in [5.74, 6) is -0.287. The fourth-order valence-electron chi connectivity index (χ4n) is 4.23. The number of nitrogens with one attached hydrogen (secondary N) is 3. The Kier molecular flexibility index (Phi) is 10.8. The minimum Gasteiger partial charge on any atom is -0.497 e. The standard InChI is InChI=1S/C35H35N3O4S/c1-5-32(35(41)37-30-20-23(2)14-15-24(30)3)43-29-13-9-12-27(22-29)36-34(40)31(21-25-16-18-28(42-4)19-17-25)38-33(39)26-10-7-6-8-11-26/h6-22,32H,5H2,1-4H3,(H,36,40)(H,37,41)(H,38,39)/b31-21+. The quantitative estimate of drug-likeness (QED) is 0.126. The molecule has 3 N–H and O–H groups in total.